The zero-order valence-corrected chi connectivity index (χ0v) is 18.5. The van der Waals surface area contributed by atoms with E-state index in [2.05, 4.69) is 24.6 Å². The molecule has 3 aliphatic rings. The number of fused-ring (bicyclic) bond motifs is 1. The molecular formula is C24H42N2O3. The van der Waals surface area contributed by atoms with Gasteiger partial charge in [0, 0.05) is 19.0 Å². The molecule has 0 aliphatic heterocycles. The number of aliphatic hydroxyl groups is 3. The van der Waals surface area contributed by atoms with Gasteiger partial charge < -0.3 is 21.1 Å². The first-order valence-electron chi connectivity index (χ1n) is 11.3. The van der Waals surface area contributed by atoms with Crippen LogP contribution in [0.4, 0.5) is 0 Å². The third kappa shape index (κ3) is 5.38. The van der Waals surface area contributed by atoms with Crippen LogP contribution in [0.2, 0.25) is 0 Å². The summed E-state index contributed by atoms with van der Waals surface area (Å²) in [6, 6.07) is 5.72. The van der Waals surface area contributed by atoms with Gasteiger partial charge in [-0.25, -0.2) is 0 Å². The van der Waals surface area contributed by atoms with Gasteiger partial charge >= 0.3 is 0 Å². The fraction of sp³-hybridized carbons (Fsp3) is 0.792. The average Bonchev–Trinajstić information content (AvgIpc) is 3.07. The van der Waals surface area contributed by atoms with Gasteiger partial charge in [0.1, 0.15) is 0 Å². The number of hydrogen-bond acceptors (Lipinski definition) is 5. The van der Waals surface area contributed by atoms with E-state index in [1.54, 1.807) is 12.4 Å². The zero-order chi connectivity index (χ0) is 21.5. The van der Waals surface area contributed by atoms with Crippen molar-refractivity contribution in [1.82, 2.24) is 4.98 Å². The number of aliphatic hydroxyl groups excluding tert-OH is 3. The van der Waals surface area contributed by atoms with Crippen molar-refractivity contribution in [2.24, 2.45) is 34.3 Å². The van der Waals surface area contributed by atoms with Crippen molar-refractivity contribution in [3.8, 4) is 0 Å². The van der Waals surface area contributed by atoms with E-state index in [1.807, 2.05) is 18.2 Å². The SMILES string of the molecule is CC12CCC(C3(C)CCC(O)CC3CO)CC1CCC2O.CN.c1ccncc1. The van der Waals surface area contributed by atoms with E-state index >= 15 is 0 Å². The average molecular weight is 407 g/mol. The molecule has 0 radical (unpaired) electrons. The lowest BCUT2D eigenvalue weighted by Gasteiger charge is -2.53. The quantitative estimate of drug-likeness (QED) is 0.603. The van der Waals surface area contributed by atoms with Crippen molar-refractivity contribution in [3.63, 3.8) is 0 Å². The predicted molar refractivity (Wildman–Crippen MR) is 117 cm³/mol. The molecule has 7 unspecified atom stereocenters. The molecule has 1 heterocycles. The van der Waals surface area contributed by atoms with Crippen molar-refractivity contribution in [2.75, 3.05) is 13.7 Å². The van der Waals surface area contributed by atoms with Crippen LogP contribution in [0.5, 0.6) is 0 Å². The van der Waals surface area contributed by atoms with Crippen LogP contribution in [0, 0.1) is 28.6 Å². The summed E-state index contributed by atoms with van der Waals surface area (Å²) in [4.78, 5) is 3.78. The monoisotopic (exact) mass is 406 g/mol. The van der Waals surface area contributed by atoms with Gasteiger partial charge in [-0.15, -0.1) is 0 Å². The molecule has 166 valence electrons. The highest BCUT2D eigenvalue weighted by Gasteiger charge is 2.53. The highest BCUT2D eigenvalue weighted by molar-refractivity contribution is 5.03. The molecule has 0 bridgehead atoms. The van der Waals surface area contributed by atoms with Crippen LogP contribution in [0.1, 0.15) is 65.2 Å². The van der Waals surface area contributed by atoms with Crippen LogP contribution >= 0.6 is 0 Å². The molecule has 1 aromatic rings. The van der Waals surface area contributed by atoms with Crippen LogP contribution in [-0.2, 0) is 0 Å². The van der Waals surface area contributed by atoms with E-state index in [1.165, 1.54) is 19.9 Å². The van der Waals surface area contributed by atoms with E-state index in [0.717, 1.165) is 38.5 Å². The third-order valence-corrected chi connectivity index (χ3v) is 8.31. The number of nitrogens with zero attached hydrogens (tertiary/aromatic N) is 1. The van der Waals surface area contributed by atoms with Gasteiger partial charge in [-0.2, -0.15) is 0 Å². The molecule has 0 aromatic carbocycles. The van der Waals surface area contributed by atoms with E-state index in [4.69, 9.17) is 0 Å². The lowest BCUT2D eigenvalue weighted by Crippen LogP contribution is -2.47. The van der Waals surface area contributed by atoms with Gasteiger partial charge in [0.25, 0.3) is 0 Å². The predicted octanol–water partition coefficient (Wildman–Crippen LogP) is 3.38. The molecule has 5 nitrogen and oxygen atoms in total. The highest BCUT2D eigenvalue weighted by atomic mass is 16.3. The number of rotatable bonds is 2. The van der Waals surface area contributed by atoms with Crippen molar-refractivity contribution >= 4 is 0 Å². The molecule has 1 aromatic heterocycles. The van der Waals surface area contributed by atoms with Gasteiger partial charge in [0.2, 0.25) is 0 Å². The number of pyridine rings is 1. The smallest absolute Gasteiger partial charge is 0.0596 e. The minimum atomic E-state index is -0.225. The molecule has 5 heteroatoms. The van der Waals surface area contributed by atoms with Crippen LogP contribution in [0.3, 0.4) is 0 Å². The van der Waals surface area contributed by atoms with Gasteiger partial charge in [0.15, 0.2) is 0 Å². The van der Waals surface area contributed by atoms with E-state index < -0.39 is 0 Å². The first-order chi connectivity index (χ1) is 13.9. The molecule has 29 heavy (non-hydrogen) atoms. The number of nitrogens with two attached hydrogens (primary N) is 1. The Morgan fingerprint density at radius 2 is 1.48 bits per heavy atom. The second-order valence-electron chi connectivity index (χ2n) is 9.61. The second-order valence-corrected chi connectivity index (χ2v) is 9.61. The van der Waals surface area contributed by atoms with Crippen molar-refractivity contribution in [1.29, 1.82) is 0 Å². The molecule has 4 rings (SSSR count). The molecular weight excluding hydrogens is 364 g/mol. The standard InChI is InChI=1S/C18H32O3.C5H5N.CH5N/c1-17(8-6-15(20)10-14(17)11-19)13-5-7-18(2)12(9-13)3-4-16(18)21;1-2-4-6-5-3-1;1-2/h12-16,19-21H,3-11H2,1-2H3;1-5H;2H2,1H3. The fourth-order valence-electron chi connectivity index (χ4n) is 6.12. The van der Waals surface area contributed by atoms with Crippen molar-refractivity contribution in [2.45, 2.75) is 77.4 Å². The summed E-state index contributed by atoms with van der Waals surface area (Å²) in [6.45, 7) is 4.83. The maximum atomic E-state index is 10.3. The minimum Gasteiger partial charge on any atom is -0.396 e. The molecule has 5 N–H and O–H groups in total. The molecule has 3 aliphatic carbocycles. The summed E-state index contributed by atoms with van der Waals surface area (Å²) >= 11 is 0. The molecule has 0 spiro atoms. The summed E-state index contributed by atoms with van der Waals surface area (Å²) < 4.78 is 0. The maximum Gasteiger partial charge on any atom is 0.0596 e. The number of hydrogen-bond donors (Lipinski definition) is 4. The lowest BCUT2D eigenvalue weighted by molar-refractivity contribution is -0.0818. The fourth-order valence-corrected chi connectivity index (χ4v) is 6.12. The van der Waals surface area contributed by atoms with Gasteiger partial charge in [-0.1, -0.05) is 19.9 Å². The normalized spacial score (nSPS) is 41.3. The van der Waals surface area contributed by atoms with Gasteiger partial charge in [-0.3, -0.25) is 4.98 Å². The Bertz CT molecular complexity index is 560. The third-order valence-electron chi connectivity index (χ3n) is 8.31. The largest absolute Gasteiger partial charge is 0.396 e. The van der Waals surface area contributed by atoms with Crippen molar-refractivity contribution in [3.05, 3.63) is 30.6 Å². The lowest BCUT2D eigenvalue weighted by atomic mass is 9.53. The first-order valence-corrected chi connectivity index (χ1v) is 11.3. The highest BCUT2D eigenvalue weighted by Crippen LogP contribution is 2.59. The van der Waals surface area contributed by atoms with Crippen molar-refractivity contribution < 1.29 is 15.3 Å². The Morgan fingerprint density at radius 1 is 0.862 bits per heavy atom. The summed E-state index contributed by atoms with van der Waals surface area (Å²) in [6.07, 6.45) is 11.5. The topological polar surface area (TPSA) is 99.6 Å². The molecule has 3 saturated carbocycles. The Hall–Kier alpha value is -1.01. The minimum absolute atomic E-state index is 0.113. The Balaban J connectivity index is 0.000000317. The summed E-state index contributed by atoms with van der Waals surface area (Å²) in [5.41, 5.74) is 4.80. The number of aromatic nitrogens is 1. The summed E-state index contributed by atoms with van der Waals surface area (Å²) in [5.74, 6) is 1.53. The van der Waals surface area contributed by atoms with E-state index in [0.29, 0.717) is 11.8 Å². The van der Waals surface area contributed by atoms with Crippen LogP contribution in [0.15, 0.2) is 30.6 Å². The summed E-state index contributed by atoms with van der Waals surface area (Å²) in [7, 11) is 1.50. The Kier molecular flexibility index (Phi) is 9.08. The Labute approximate surface area is 176 Å². The Morgan fingerprint density at radius 3 is 2.03 bits per heavy atom. The summed E-state index contributed by atoms with van der Waals surface area (Å²) in [5, 5.41) is 30.0. The molecule has 0 amide bonds. The first kappa shape index (κ1) is 24.3. The van der Waals surface area contributed by atoms with E-state index in [-0.39, 0.29) is 35.6 Å². The van der Waals surface area contributed by atoms with E-state index in [9.17, 15) is 15.3 Å². The second kappa shape index (κ2) is 10.9. The van der Waals surface area contributed by atoms with Crippen LogP contribution in [0.25, 0.3) is 0 Å². The van der Waals surface area contributed by atoms with Crippen LogP contribution in [-0.4, -0.2) is 46.2 Å². The molecule has 7 atom stereocenters. The van der Waals surface area contributed by atoms with Gasteiger partial charge in [-0.05, 0) is 99.1 Å². The zero-order valence-electron chi connectivity index (χ0n) is 18.5. The van der Waals surface area contributed by atoms with Crippen LogP contribution < -0.4 is 5.73 Å². The molecule has 3 fully saturated rings. The van der Waals surface area contributed by atoms with Gasteiger partial charge in [0.05, 0.1) is 12.2 Å². The molecule has 0 saturated heterocycles. The maximum absolute atomic E-state index is 10.3.